The average molecular weight is 276 g/mol. The van der Waals surface area contributed by atoms with Crippen LogP contribution in [0, 0.1) is 5.92 Å². The van der Waals surface area contributed by atoms with Crippen molar-refractivity contribution in [2.45, 2.75) is 24.8 Å². The number of likely N-dealkylation sites (tertiary alicyclic amines) is 1. The lowest BCUT2D eigenvalue weighted by Gasteiger charge is -2.31. The number of aromatic nitrogens is 1. The molecule has 20 heavy (non-hydrogen) atoms. The van der Waals surface area contributed by atoms with E-state index in [1.54, 1.807) is 12.4 Å². The monoisotopic (exact) mass is 276 g/mol. The molecule has 0 amide bonds. The van der Waals surface area contributed by atoms with E-state index in [1.807, 2.05) is 12.1 Å². The number of aliphatic carboxylic acids is 1. The Morgan fingerprint density at radius 1 is 1.25 bits per heavy atom. The molecule has 0 aromatic carbocycles. The number of carboxylic acid groups (broad SMARTS) is 1. The number of rotatable bonds is 3. The Morgan fingerprint density at radius 3 is 2.60 bits per heavy atom. The van der Waals surface area contributed by atoms with E-state index < -0.39 is 5.97 Å². The summed E-state index contributed by atoms with van der Waals surface area (Å²) < 4.78 is 5.39. The normalized spacial score (nSPS) is 28.6. The Balaban J connectivity index is 1.77. The molecule has 1 aromatic heterocycles. The Labute approximate surface area is 118 Å². The van der Waals surface area contributed by atoms with Crippen LogP contribution in [0.5, 0.6) is 0 Å². The molecule has 0 bridgehead atoms. The van der Waals surface area contributed by atoms with Crippen LogP contribution in [0.1, 0.15) is 24.3 Å². The smallest absolute Gasteiger partial charge is 0.308 e. The predicted octanol–water partition coefficient (Wildman–Crippen LogP) is 1.36. The zero-order chi connectivity index (χ0) is 13.9. The fourth-order valence-corrected chi connectivity index (χ4v) is 3.38. The van der Waals surface area contributed by atoms with Gasteiger partial charge in [-0.25, -0.2) is 0 Å². The fraction of sp³-hybridized carbons (Fsp3) is 0.600. The van der Waals surface area contributed by atoms with Gasteiger partial charge < -0.3 is 9.84 Å². The van der Waals surface area contributed by atoms with Gasteiger partial charge in [0.05, 0.1) is 5.92 Å². The van der Waals surface area contributed by atoms with Gasteiger partial charge in [0, 0.05) is 50.7 Å². The number of carboxylic acids is 1. The standard InChI is InChI=1S/C15H20N2O3/c18-15(19)14-10-17(12-3-7-20-8-4-12)9-13(14)11-1-5-16-6-2-11/h1-2,5-6,12-14H,3-4,7-10H2,(H,18,19)/t13-,14+/m0/s1. The topological polar surface area (TPSA) is 62.7 Å². The lowest BCUT2D eigenvalue weighted by Crippen LogP contribution is -2.38. The van der Waals surface area contributed by atoms with Crippen LogP contribution in [0.25, 0.3) is 0 Å². The molecule has 0 saturated carbocycles. The van der Waals surface area contributed by atoms with Gasteiger partial charge in [0.15, 0.2) is 0 Å². The van der Waals surface area contributed by atoms with Crippen LogP contribution < -0.4 is 0 Å². The van der Waals surface area contributed by atoms with E-state index in [0.29, 0.717) is 12.6 Å². The number of carbonyl (C=O) groups is 1. The molecule has 0 radical (unpaired) electrons. The minimum atomic E-state index is -0.693. The van der Waals surface area contributed by atoms with Crippen molar-refractivity contribution < 1.29 is 14.6 Å². The molecule has 3 rings (SSSR count). The third-order valence-electron chi connectivity index (χ3n) is 4.51. The molecule has 0 aliphatic carbocycles. The first-order valence-electron chi connectivity index (χ1n) is 7.20. The van der Waals surface area contributed by atoms with E-state index in [9.17, 15) is 9.90 Å². The second kappa shape index (κ2) is 5.89. The highest BCUT2D eigenvalue weighted by atomic mass is 16.5. The Hall–Kier alpha value is -1.46. The van der Waals surface area contributed by atoms with Crippen molar-refractivity contribution in [3.63, 3.8) is 0 Å². The minimum Gasteiger partial charge on any atom is -0.481 e. The molecular weight excluding hydrogens is 256 g/mol. The number of pyridine rings is 1. The van der Waals surface area contributed by atoms with Crippen molar-refractivity contribution in [1.29, 1.82) is 0 Å². The van der Waals surface area contributed by atoms with Crippen LogP contribution in [-0.4, -0.2) is 53.3 Å². The SMILES string of the molecule is O=C(O)[C@@H]1CN(C2CCOCC2)C[C@H]1c1ccncc1. The van der Waals surface area contributed by atoms with Gasteiger partial charge in [-0.3, -0.25) is 14.7 Å². The fourth-order valence-electron chi connectivity index (χ4n) is 3.38. The van der Waals surface area contributed by atoms with Crippen molar-refractivity contribution in [3.8, 4) is 0 Å². The molecule has 3 heterocycles. The zero-order valence-corrected chi connectivity index (χ0v) is 11.4. The van der Waals surface area contributed by atoms with Crippen molar-refractivity contribution in [3.05, 3.63) is 30.1 Å². The molecule has 1 N–H and O–H groups in total. The average Bonchev–Trinajstić information content (AvgIpc) is 2.94. The quantitative estimate of drug-likeness (QED) is 0.903. The lowest BCUT2D eigenvalue weighted by atomic mass is 9.90. The van der Waals surface area contributed by atoms with Gasteiger partial charge in [0.2, 0.25) is 0 Å². The van der Waals surface area contributed by atoms with E-state index in [0.717, 1.165) is 38.2 Å². The van der Waals surface area contributed by atoms with Gasteiger partial charge in [-0.15, -0.1) is 0 Å². The summed E-state index contributed by atoms with van der Waals surface area (Å²) in [4.78, 5) is 17.9. The second-order valence-electron chi connectivity index (χ2n) is 5.63. The van der Waals surface area contributed by atoms with E-state index in [2.05, 4.69) is 9.88 Å². The summed E-state index contributed by atoms with van der Waals surface area (Å²) in [5.41, 5.74) is 1.09. The first kappa shape index (κ1) is 13.5. The van der Waals surface area contributed by atoms with Crippen molar-refractivity contribution in [2.24, 2.45) is 5.92 Å². The van der Waals surface area contributed by atoms with E-state index in [-0.39, 0.29) is 11.8 Å². The largest absolute Gasteiger partial charge is 0.481 e. The molecule has 5 heteroatoms. The Morgan fingerprint density at radius 2 is 1.95 bits per heavy atom. The predicted molar refractivity (Wildman–Crippen MR) is 73.5 cm³/mol. The molecular formula is C15H20N2O3. The molecule has 0 unspecified atom stereocenters. The van der Waals surface area contributed by atoms with E-state index in [4.69, 9.17) is 4.74 Å². The third-order valence-corrected chi connectivity index (χ3v) is 4.51. The van der Waals surface area contributed by atoms with Gasteiger partial charge >= 0.3 is 5.97 Å². The molecule has 2 aliphatic heterocycles. The highest BCUT2D eigenvalue weighted by Crippen LogP contribution is 2.35. The maximum atomic E-state index is 11.5. The molecule has 2 atom stereocenters. The molecule has 2 aliphatic rings. The number of hydrogen-bond donors (Lipinski definition) is 1. The second-order valence-corrected chi connectivity index (χ2v) is 5.63. The third kappa shape index (κ3) is 2.69. The first-order valence-corrected chi connectivity index (χ1v) is 7.20. The highest BCUT2D eigenvalue weighted by molar-refractivity contribution is 5.72. The zero-order valence-electron chi connectivity index (χ0n) is 11.4. The van der Waals surface area contributed by atoms with Gasteiger partial charge in [0.25, 0.3) is 0 Å². The van der Waals surface area contributed by atoms with Crippen molar-refractivity contribution >= 4 is 5.97 Å². The van der Waals surface area contributed by atoms with Gasteiger partial charge in [-0.2, -0.15) is 0 Å². The number of nitrogens with zero attached hydrogens (tertiary/aromatic N) is 2. The molecule has 0 spiro atoms. The molecule has 2 saturated heterocycles. The molecule has 1 aromatic rings. The van der Waals surface area contributed by atoms with E-state index in [1.165, 1.54) is 0 Å². The number of ether oxygens (including phenoxy) is 1. The number of hydrogen-bond acceptors (Lipinski definition) is 4. The van der Waals surface area contributed by atoms with Crippen LogP contribution in [0.2, 0.25) is 0 Å². The van der Waals surface area contributed by atoms with Crippen LogP contribution in [0.4, 0.5) is 0 Å². The summed E-state index contributed by atoms with van der Waals surface area (Å²) in [6.07, 6.45) is 5.50. The first-order chi connectivity index (χ1) is 9.75. The van der Waals surface area contributed by atoms with Gasteiger partial charge in [0.1, 0.15) is 0 Å². The molecule has 5 nitrogen and oxygen atoms in total. The molecule has 108 valence electrons. The maximum absolute atomic E-state index is 11.5. The van der Waals surface area contributed by atoms with Crippen LogP contribution >= 0.6 is 0 Å². The lowest BCUT2D eigenvalue weighted by molar-refractivity contribution is -0.141. The summed E-state index contributed by atoms with van der Waals surface area (Å²) in [5, 5.41) is 9.49. The highest BCUT2D eigenvalue weighted by Gasteiger charge is 2.41. The Kier molecular flexibility index (Phi) is 3.98. The summed E-state index contributed by atoms with van der Waals surface area (Å²) in [6, 6.07) is 4.35. The summed E-state index contributed by atoms with van der Waals surface area (Å²) >= 11 is 0. The Bertz CT molecular complexity index is 459. The van der Waals surface area contributed by atoms with Crippen molar-refractivity contribution in [1.82, 2.24) is 9.88 Å². The van der Waals surface area contributed by atoms with Crippen LogP contribution in [0.15, 0.2) is 24.5 Å². The van der Waals surface area contributed by atoms with Crippen molar-refractivity contribution in [2.75, 3.05) is 26.3 Å². The van der Waals surface area contributed by atoms with E-state index >= 15 is 0 Å². The summed E-state index contributed by atoms with van der Waals surface area (Å²) in [7, 11) is 0. The van der Waals surface area contributed by atoms with Gasteiger partial charge in [-0.1, -0.05) is 0 Å². The summed E-state index contributed by atoms with van der Waals surface area (Å²) in [5.74, 6) is -0.944. The molecule has 2 fully saturated rings. The van der Waals surface area contributed by atoms with Crippen LogP contribution in [-0.2, 0) is 9.53 Å². The van der Waals surface area contributed by atoms with Gasteiger partial charge in [-0.05, 0) is 30.5 Å². The maximum Gasteiger partial charge on any atom is 0.308 e. The minimum absolute atomic E-state index is 0.0679. The summed E-state index contributed by atoms with van der Waals surface area (Å²) in [6.45, 7) is 3.05. The van der Waals surface area contributed by atoms with Crippen LogP contribution in [0.3, 0.4) is 0 Å².